The smallest absolute Gasteiger partial charge is 0.0414 e. The van der Waals surface area contributed by atoms with Crippen LogP contribution in [-0.4, -0.2) is 19.1 Å². The molecule has 15 heavy (non-hydrogen) atoms. The number of hydrogen-bond donors (Lipinski definition) is 1. The van der Waals surface area contributed by atoms with Gasteiger partial charge in [-0.15, -0.1) is 0 Å². The van der Waals surface area contributed by atoms with Crippen LogP contribution in [0.1, 0.15) is 24.8 Å². The lowest BCUT2D eigenvalue weighted by Gasteiger charge is -2.36. The molecule has 2 heteroatoms. The maximum Gasteiger partial charge on any atom is 0.0414 e. The van der Waals surface area contributed by atoms with Crippen molar-refractivity contribution in [2.75, 3.05) is 18.0 Å². The Balaban J connectivity index is 1.99. The van der Waals surface area contributed by atoms with Crippen LogP contribution < -0.4 is 10.2 Å². The summed E-state index contributed by atoms with van der Waals surface area (Å²) >= 11 is 0. The van der Waals surface area contributed by atoms with Gasteiger partial charge in [0.15, 0.2) is 0 Å². The van der Waals surface area contributed by atoms with Crippen molar-refractivity contribution in [3.63, 3.8) is 0 Å². The summed E-state index contributed by atoms with van der Waals surface area (Å²) in [6.45, 7) is 3.42. The van der Waals surface area contributed by atoms with Crippen LogP contribution in [0, 0.1) is 0 Å². The van der Waals surface area contributed by atoms with Gasteiger partial charge in [0.05, 0.1) is 0 Å². The van der Waals surface area contributed by atoms with Crippen LogP contribution in [0.25, 0.3) is 0 Å². The van der Waals surface area contributed by atoms with Crippen LogP contribution in [0.2, 0.25) is 0 Å². The summed E-state index contributed by atoms with van der Waals surface area (Å²) in [5, 5.41) is 3.56. The highest BCUT2D eigenvalue weighted by molar-refractivity contribution is 5.55. The molecule has 1 fully saturated rings. The number of hydrogen-bond acceptors (Lipinski definition) is 2. The highest BCUT2D eigenvalue weighted by atomic mass is 15.2. The minimum absolute atomic E-state index is 0.724. The molecule has 0 radical (unpaired) electrons. The van der Waals surface area contributed by atoms with Crippen molar-refractivity contribution >= 4 is 5.69 Å². The van der Waals surface area contributed by atoms with Crippen molar-refractivity contribution in [2.45, 2.75) is 31.8 Å². The summed E-state index contributed by atoms with van der Waals surface area (Å²) in [5.74, 6) is 0. The molecule has 2 aliphatic heterocycles. The second-order valence-electron chi connectivity index (χ2n) is 4.60. The van der Waals surface area contributed by atoms with E-state index in [2.05, 4.69) is 34.5 Å². The number of fused-ring (bicyclic) bond motifs is 3. The van der Waals surface area contributed by atoms with E-state index >= 15 is 0 Å². The monoisotopic (exact) mass is 202 g/mol. The second-order valence-corrected chi connectivity index (χ2v) is 4.60. The maximum absolute atomic E-state index is 3.56. The first-order valence-electron chi connectivity index (χ1n) is 6.00. The molecule has 0 spiro atoms. The van der Waals surface area contributed by atoms with Gasteiger partial charge in [0, 0.05) is 31.4 Å². The highest BCUT2D eigenvalue weighted by Crippen LogP contribution is 2.29. The SMILES string of the molecule is c1ccc2c(c1)CNCC1CCCCN21. The Morgan fingerprint density at radius 2 is 2.13 bits per heavy atom. The van der Waals surface area contributed by atoms with E-state index in [-0.39, 0.29) is 0 Å². The topological polar surface area (TPSA) is 15.3 Å². The molecule has 3 rings (SSSR count). The molecule has 1 aromatic carbocycles. The molecule has 2 aliphatic rings. The number of nitrogens with zero attached hydrogens (tertiary/aromatic N) is 1. The van der Waals surface area contributed by atoms with Crippen LogP contribution >= 0.6 is 0 Å². The van der Waals surface area contributed by atoms with Gasteiger partial charge < -0.3 is 10.2 Å². The summed E-state index contributed by atoms with van der Waals surface area (Å²) in [4.78, 5) is 2.61. The Kier molecular flexibility index (Phi) is 2.37. The van der Waals surface area contributed by atoms with Gasteiger partial charge in [0.25, 0.3) is 0 Å². The van der Waals surface area contributed by atoms with Gasteiger partial charge in [-0.3, -0.25) is 0 Å². The molecule has 1 atom stereocenters. The Morgan fingerprint density at radius 3 is 3.13 bits per heavy atom. The zero-order chi connectivity index (χ0) is 10.1. The molecule has 0 saturated carbocycles. The standard InChI is InChI=1S/C13H18N2/c1-2-7-13-11(5-1)9-14-10-12-6-3-4-8-15(12)13/h1-2,5,7,12,14H,3-4,6,8-10H2. The molecule has 1 saturated heterocycles. The maximum atomic E-state index is 3.56. The van der Waals surface area contributed by atoms with E-state index in [0.717, 1.165) is 19.1 Å². The van der Waals surface area contributed by atoms with Crippen molar-refractivity contribution in [1.29, 1.82) is 0 Å². The minimum atomic E-state index is 0.724. The molecular weight excluding hydrogens is 184 g/mol. The molecule has 2 heterocycles. The molecule has 0 aliphatic carbocycles. The average molecular weight is 202 g/mol. The molecule has 2 nitrogen and oxygen atoms in total. The van der Waals surface area contributed by atoms with Crippen LogP contribution in [-0.2, 0) is 6.54 Å². The largest absolute Gasteiger partial charge is 0.367 e. The van der Waals surface area contributed by atoms with Crippen molar-refractivity contribution in [3.8, 4) is 0 Å². The Hall–Kier alpha value is -1.02. The highest BCUT2D eigenvalue weighted by Gasteiger charge is 2.25. The van der Waals surface area contributed by atoms with Gasteiger partial charge in [0.1, 0.15) is 0 Å². The van der Waals surface area contributed by atoms with Gasteiger partial charge >= 0.3 is 0 Å². The van der Waals surface area contributed by atoms with E-state index in [9.17, 15) is 0 Å². The van der Waals surface area contributed by atoms with E-state index < -0.39 is 0 Å². The van der Waals surface area contributed by atoms with Crippen LogP contribution in [0.4, 0.5) is 5.69 Å². The lowest BCUT2D eigenvalue weighted by atomic mass is 10.0. The van der Waals surface area contributed by atoms with E-state index in [0.29, 0.717) is 0 Å². The average Bonchev–Trinajstić information content (AvgIpc) is 2.48. The number of rotatable bonds is 0. The summed E-state index contributed by atoms with van der Waals surface area (Å²) < 4.78 is 0. The summed E-state index contributed by atoms with van der Waals surface area (Å²) in [5.41, 5.74) is 2.93. The first-order chi connectivity index (χ1) is 7.45. The fraction of sp³-hybridized carbons (Fsp3) is 0.538. The van der Waals surface area contributed by atoms with Crippen LogP contribution in [0.5, 0.6) is 0 Å². The van der Waals surface area contributed by atoms with Gasteiger partial charge in [-0.05, 0) is 30.9 Å². The molecule has 1 unspecified atom stereocenters. The third-order valence-corrected chi connectivity index (χ3v) is 3.62. The predicted molar refractivity (Wildman–Crippen MR) is 63.1 cm³/mol. The van der Waals surface area contributed by atoms with E-state index in [4.69, 9.17) is 0 Å². The molecular formula is C13H18N2. The number of nitrogens with one attached hydrogen (secondary N) is 1. The number of benzene rings is 1. The Bertz CT molecular complexity index is 348. The molecule has 1 aromatic rings. The molecule has 0 bridgehead atoms. The fourth-order valence-corrected chi connectivity index (χ4v) is 2.84. The van der Waals surface area contributed by atoms with E-state index in [1.54, 1.807) is 0 Å². The minimum Gasteiger partial charge on any atom is -0.367 e. The lowest BCUT2D eigenvalue weighted by Crippen LogP contribution is -2.43. The number of piperidine rings is 1. The second kappa shape index (κ2) is 3.86. The van der Waals surface area contributed by atoms with Crippen molar-refractivity contribution in [2.24, 2.45) is 0 Å². The van der Waals surface area contributed by atoms with E-state index in [1.807, 2.05) is 0 Å². The lowest BCUT2D eigenvalue weighted by molar-refractivity contribution is 0.446. The molecule has 80 valence electrons. The third-order valence-electron chi connectivity index (χ3n) is 3.62. The first-order valence-corrected chi connectivity index (χ1v) is 6.00. The quantitative estimate of drug-likeness (QED) is 0.693. The Labute approximate surface area is 91.3 Å². The molecule has 0 aromatic heterocycles. The third kappa shape index (κ3) is 1.63. The molecule has 0 amide bonds. The van der Waals surface area contributed by atoms with Crippen LogP contribution in [0.3, 0.4) is 0 Å². The number of anilines is 1. The van der Waals surface area contributed by atoms with E-state index in [1.165, 1.54) is 37.1 Å². The Morgan fingerprint density at radius 1 is 1.20 bits per heavy atom. The zero-order valence-corrected chi connectivity index (χ0v) is 9.08. The predicted octanol–water partition coefficient (Wildman–Crippen LogP) is 2.15. The molecule has 1 N–H and O–H groups in total. The van der Waals surface area contributed by atoms with Crippen molar-refractivity contribution < 1.29 is 0 Å². The fourth-order valence-electron chi connectivity index (χ4n) is 2.84. The van der Waals surface area contributed by atoms with Crippen molar-refractivity contribution in [1.82, 2.24) is 5.32 Å². The van der Waals surface area contributed by atoms with Gasteiger partial charge in [-0.25, -0.2) is 0 Å². The number of para-hydroxylation sites is 1. The summed E-state index contributed by atoms with van der Waals surface area (Å²) in [6.07, 6.45) is 4.09. The first kappa shape index (κ1) is 9.22. The van der Waals surface area contributed by atoms with Crippen molar-refractivity contribution in [3.05, 3.63) is 29.8 Å². The van der Waals surface area contributed by atoms with Gasteiger partial charge in [-0.2, -0.15) is 0 Å². The van der Waals surface area contributed by atoms with Crippen LogP contribution in [0.15, 0.2) is 24.3 Å². The zero-order valence-electron chi connectivity index (χ0n) is 9.08. The normalized spacial score (nSPS) is 25.3. The summed E-state index contributed by atoms with van der Waals surface area (Å²) in [6, 6.07) is 9.56. The van der Waals surface area contributed by atoms with Gasteiger partial charge in [-0.1, -0.05) is 18.2 Å². The van der Waals surface area contributed by atoms with Gasteiger partial charge in [0.2, 0.25) is 0 Å². The summed E-state index contributed by atoms with van der Waals surface area (Å²) in [7, 11) is 0.